The second-order valence-electron chi connectivity index (χ2n) is 9.14. The van der Waals surface area contributed by atoms with Gasteiger partial charge in [0.25, 0.3) is 0 Å². The Morgan fingerprint density at radius 2 is 1.91 bits per heavy atom. The quantitative estimate of drug-likeness (QED) is 0.633. The highest BCUT2D eigenvalue weighted by Crippen LogP contribution is 2.50. The van der Waals surface area contributed by atoms with Crippen LogP contribution in [0.5, 0.6) is 11.5 Å². The Labute approximate surface area is 196 Å². The van der Waals surface area contributed by atoms with Crippen LogP contribution < -0.4 is 20.1 Å². The first-order valence-corrected chi connectivity index (χ1v) is 11.3. The molecule has 1 aromatic carbocycles. The van der Waals surface area contributed by atoms with Crippen LogP contribution in [0.25, 0.3) is 0 Å². The Kier molecular flexibility index (Phi) is 6.46. The molecule has 7 nitrogen and oxygen atoms in total. The Balaban J connectivity index is 1.48. The SMILES string of the molecule is COc1ccc([C@@]23CC[C@H](NC(=O)Nc4cc(C)oc4C(F)(F)F)C[C@H]2N(C)CC3)cc1OC. The number of methoxy groups -OCH3 is 2. The van der Waals surface area contributed by atoms with Crippen LogP contribution in [0.4, 0.5) is 23.7 Å². The van der Waals surface area contributed by atoms with E-state index in [1.54, 1.807) is 14.2 Å². The summed E-state index contributed by atoms with van der Waals surface area (Å²) in [5.74, 6) is 0.225. The lowest BCUT2D eigenvalue weighted by Crippen LogP contribution is -2.52. The molecule has 34 heavy (non-hydrogen) atoms. The summed E-state index contributed by atoms with van der Waals surface area (Å²) >= 11 is 0. The van der Waals surface area contributed by atoms with Gasteiger partial charge in [-0.1, -0.05) is 6.07 Å². The van der Waals surface area contributed by atoms with Crippen molar-refractivity contribution in [3.63, 3.8) is 0 Å². The highest BCUT2D eigenvalue weighted by molar-refractivity contribution is 5.90. The van der Waals surface area contributed by atoms with Crippen LogP contribution in [0.1, 0.15) is 42.8 Å². The van der Waals surface area contributed by atoms with E-state index in [0.29, 0.717) is 24.3 Å². The Morgan fingerprint density at radius 3 is 2.59 bits per heavy atom. The van der Waals surface area contributed by atoms with Crippen LogP contribution in [0.15, 0.2) is 28.7 Å². The maximum Gasteiger partial charge on any atom is 0.451 e. The number of hydrogen-bond donors (Lipinski definition) is 2. The van der Waals surface area contributed by atoms with Crippen molar-refractivity contribution in [3.8, 4) is 11.5 Å². The summed E-state index contributed by atoms with van der Waals surface area (Å²) in [5.41, 5.74) is 0.704. The van der Waals surface area contributed by atoms with Crippen molar-refractivity contribution in [1.29, 1.82) is 0 Å². The minimum Gasteiger partial charge on any atom is -0.493 e. The van der Waals surface area contributed by atoms with Crippen LogP contribution in [0.3, 0.4) is 0 Å². The number of hydrogen-bond acceptors (Lipinski definition) is 5. The summed E-state index contributed by atoms with van der Waals surface area (Å²) in [7, 11) is 5.29. The van der Waals surface area contributed by atoms with E-state index in [0.717, 1.165) is 19.4 Å². The molecule has 2 aliphatic rings. The zero-order chi connectivity index (χ0) is 24.7. The van der Waals surface area contributed by atoms with E-state index in [4.69, 9.17) is 13.9 Å². The molecule has 186 valence electrons. The molecular weight excluding hydrogens is 451 g/mol. The Bertz CT molecular complexity index is 1050. The van der Waals surface area contributed by atoms with Gasteiger partial charge < -0.3 is 29.4 Å². The standard InChI is InChI=1S/C24H30F3N3O4/c1-14-11-17(21(34-14)24(25,26)27)29-22(31)28-16-7-8-23(9-10-30(2)20(23)13-16)15-5-6-18(32-3)19(12-15)33-4/h5-6,11-12,16,20H,7-10,13H2,1-4H3,(H2,28,29,31)/t16-,20+,23-/m0/s1. The van der Waals surface area contributed by atoms with Crippen LogP contribution >= 0.6 is 0 Å². The number of halogens is 3. The molecule has 1 saturated carbocycles. The number of anilines is 1. The summed E-state index contributed by atoms with van der Waals surface area (Å²) in [6.45, 7) is 2.32. The molecule has 1 saturated heterocycles. The minimum atomic E-state index is -4.69. The van der Waals surface area contributed by atoms with Gasteiger partial charge in [-0.3, -0.25) is 0 Å². The molecule has 2 amide bonds. The van der Waals surface area contributed by atoms with Crippen molar-refractivity contribution < 1.29 is 31.9 Å². The van der Waals surface area contributed by atoms with Crippen molar-refractivity contribution in [2.75, 3.05) is 33.1 Å². The highest BCUT2D eigenvalue weighted by atomic mass is 19.4. The van der Waals surface area contributed by atoms with Crippen LogP contribution in [-0.4, -0.2) is 50.8 Å². The average Bonchev–Trinajstić information content (AvgIpc) is 3.33. The van der Waals surface area contributed by atoms with Gasteiger partial charge in [-0.2, -0.15) is 13.2 Å². The van der Waals surface area contributed by atoms with Gasteiger partial charge in [-0.25, -0.2) is 4.79 Å². The van der Waals surface area contributed by atoms with E-state index >= 15 is 0 Å². The minimum absolute atomic E-state index is 0.0765. The normalized spacial score (nSPS) is 25.0. The number of carbonyl (C=O) groups is 1. The van der Waals surface area contributed by atoms with Crippen molar-refractivity contribution in [2.24, 2.45) is 0 Å². The predicted octanol–water partition coefficient (Wildman–Crippen LogP) is 4.94. The van der Waals surface area contributed by atoms with Gasteiger partial charge in [-0.05, 0) is 63.9 Å². The number of rotatable bonds is 5. The summed E-state index contributed by atoms with van der Waals surface area (Å²) in [5, 5.41) is 5.18. The van der Waals surface area contributed by atoms with Crippen LogP contribution in [0.2, 0.25) is 0 Å². The molecular formula is C24H30F3N3O4. The third-order valence-electron chi connectivity index (χ3n) is 7.18. The molecule has 3 atom stereocenters. The molecule has 0 radical (unpaired) electrons. The van der Waals surface area contributed by atoms with E-state index in [1.807, 2.05) is 12.1 Å². The lowest BCUT2D eigenvalue weighted by Gasteiger charge is -2.45. The Morgan fingerprint density at radius 1 is 1.18 bits per heavy atom. The van der Waals surface area contributed by atoms with E-state index in [-0.39, 0.29) is 28.9 Å². The molecule has 2 aromatic rings. The molecule has 2 heterocycles. The third kappa shape index (κ3) is 4.43. The van der Waals surface area contributed by atoms with E-state index in [2.05, 4.69) is 28.6 Å². The lowest BCUT2D eigenvalue weighted by atomic mass is 9.65. The number of amides is 2. The number of aryl methyl sites for hydroxylation is 1. The number of fused-ring (bicyclic) bond motifs is 1. The van der Waals surface area contributed by atoms with Crippen LogP contribution in [-0.2, 0) is 11.6 Å². The monoisotopic (exact) mass is 481 g/mol. The first kappa shape index (κ1) is 24.3. The predicted molar refractivity (Wildman–Crippen MR) is 120 cm³/mol. The molecule has 2 fully saturated rings. The molecule has 1 aliphatic carbocycles. The first-order valence-electron chi connectivity index (χ1n) is 11.3. The third-order valence-corrected chi connectivity index (χ3v) is 7.18. The summed E-state index contributed by atoms with van der Waals surface area (Å²) in [6, 6.07) is 6.54. The number of nitrogens with zero attached hydrogens (tertiary/aromatic N) is 1. The van der Waals surface area contributed by atoms with E-state index in [1.165, 1.54) is 18.6 Å². The summed E-state index contributed by atoms with van der Waals surface area (Å²) < 4.78 is 55.2. The fourth-order valence-corrected chi connectivity index (χ4v) is 5.56. The molecule has 10 heteroatoms. The van der Waals surface area contributed by atoms with Crippen molar-refractivity contribution >= 4 is 11.7 Å². The number of alkyl halides is 3. The molecule has 2 N–H and O–H groups in total. The molecule has 1 aromatic heterocycles. The fourth-order valence-electron chi connectivity index (χ4n) is 5.56. The van der Waals surface area contributed by atoms with E-state index < -0.39 is 18.0 Å². The zero-order valence-electron chi connectivity index (χ0n) is 19.7. The molecule has 1 aliphatic heterocycles. The van der Waals surface area contributed by atoms with Crippen molar-refractivity contribution in [3.05, 3.63) is 41.3 Å². The highest BCUT2D eigenvalue weighted by Gasteiger charge is 2.50. The second kappa shape index (κ2) is 9.05. The summed E-state index contributed by atoms with van der Waals surface area (Å²) in [6.07, 6.45) is -1.47. The topological polar surface area (TPSA) is 76.0 Å². The second-order valence-corrected chi connectivity index (χ2v) is 9.14. The Hall–Kier alpha value is -2.88. The maximum atomic E-state index is 13.2. The van der Waals surface area contributed by atoms with Gasteiger partial charge >= 0.3 is 12.2 Å². The number of likely N-dealkylation sites (N-methyl/N-ethyl adjacent to an activating group) is 1. The number of likely N-dealkylation sites (tertiary alicyclic amines) is 1. The van der Waals surface area contributed by atoms with E-state index in [9.17, 15) is 18.0 Å². The smallest absolute Gasteiger partial charge is 0.451 e. The molecule has 0 bridgehead atoms. The van der Waals surface area contributed by atoms with Crippen molar-refractivity contribution in [2.45, 2.75) is 56.3 Å². The van der Waals surface area contributed by atoms with Gasteiger partial charge in [0.05, 0.1) is 19.9 Å². The molecule has 4 rings (SSSR count). The molecule has 0 spiro atoms. The van der Waals surface area contributed by atoms with Gasteiger partial charge in [0.1, 0.15) is 5.76 Å². The van der Waals surface area contributed by atoms with Crippen LogP contribution in [0, 0.1) is 6.92 Å². The number of nitrogens with one attached hydrogen (secondary N) is 2. The van der Waals surface area contributed by atoms with Crippen molar-refractivity contribution in [1.82, 2.24) is 10.2 Å². The van der Waals surface area contributed by atoms with Gasteiger partial charge in [0, 0.05) is 23.6 Å². The largest absolute Gasteiger partial charge is 0.493 e. The fraction of sp³-hybridized carbons (Fsp3) is 0.542. The number of carbonyl (C=O) groups excluding carboxylic acids is 1. The summed E-state index contributed by atoms with van der Waals surface area (Å²) in [4.78, 5) is 14.9. The maximum absolute atomic E-state index is 13.2. The van der Waals surface area contributed by atoms with Gasteiger partial charge in [0.2, 0.25) is 5.76 Å². The number of urea groups is 1. The molecule has 0 unspecified atom stereocenters. The number of ether oxygens (including phenoxy) is 2. The van der Waals surface area contributed by atoms with Gasteiger partial charge in [-0.15, -0.1) is 0 Å². The lowest BCUT2D eigenvalue weighted by molar-refractivity contribution is -0.152. The van der Waals surface area contributed by atoms with Gasteiger partial charge in [0.15, 0.2) is 11.5 Å². The number of benzene rings is 1. The first-order chi connectivity index (χ1) is 16.1. The average molecular weight is 482 g/mol. The number of furan rings is 1. The zero-order valence-corrected chi connectivity index (χ0v) is 19.7.